The van der Waals surface area contributed by atoms with E-state index in [1.165, 1.54) is 115 Å². The van der Waals surface area contributed by atoms with Crippen molar-refractivity contribution in [2.45, 2.75) is 64.7 Å². The molecule has 0 fully saturated rings. The van der Waals surface area contributed by atoms with Crippen LogP contribution in [0.1, 0.15) is 76.3 Å². The molecular weight excluding hydrogens is 577 g/mol. The Kier molecular flexibility index (Phi) is 4.62. The lowest BCUT2D eigenvalue weighted by Gasteiger charge is -2.24. The molecule has 0 nitrogen and oxygen atoms in total. The molecular formula is C48H38. The van der Waals surface area contributed by atoms with Crippen LogP contribution < -0.4 is 0 Å². The highest BCUT2D eigenvalue weighted by molar-refractivity contribution is 6.27. The predicted molar refractivity (Wildman–Crippen MR) is 206 cm³/mol. The van der Waals surface area contributed by atoms with Gasteiger partial charge in [-0.3, -0.25) is 0 Å². The number of hydrogen-bond acceptors (Lipinski definition) is 0. The van der Waals surface area contributed by atoms with Crippen LogP contribution in [0, 0.1) is 0 Å². The average molecular weight is 615 g/mol. The van der Waals surface area contributed by atoms with Crippen LogP contribution in [0.2, 0.25) is 0 Å². The molecule has 0 heteroatoms. The summed E-state index contributed by atoms with van der Waals surface area (Å²) in [7, 11) is 0. The second kappa shape index (κ2) is 8.19. The van der Waals surface area contributed by atoms with Crippen molar-refractivity contribution in [2.24, 2.45) is 0 Å². The van der Waals surface area contributed by atoms with Crippen LogP contribution in [0.15, 0.2) is 103 Å². The monoisotopic (exact) mass is 614 g/mol. The van der Waals surface area contributed by atoms with E-state index in [4.69, 9.17) is 0 Å². The van der Waals surface area contributed by atoms with E-state index >= 15 is 0 Å². The van der Waals surface area contributed by atoms with Gasteiger partial charge in [-0.25, -0.2) is 0 Å². The Balaban J connectivity index is 1.21. The topological polar surface area (TPSA) is 0 Å². The molecule has 0 amide bonds. The fraction of sp³-hybridized carbons (Fsp3) is 0.208. The number of rotatable bonds is 0. The van der Waals surface area contributed by atoms with Gasteiger partial charge < -0.3 is 0 Å². The Labute approximate surface area is 282 Å². The highest BCUT2D eigenvalue weighted by atomic mass is 14.5. The van der Waals surface area contributed by atoms with E-state index in [1.807, 2.05) is 0 Å². The van der Waals surface area contributed by atoms with Crippen LogP contribution in [-0.4, -0.2) is 0 Å². The molecule has 0 aliphatic heterocycles. The molecule has 0 bridgehead atoms. The smallest absolute Gasteiger partial charge is 0.0159 e. The molecule has 0 radical (unpaired) electrons. The van der Waals surface area contributed by atoms with E-state index in [0.29, 0.717) is 0 Å². The molecule has 0 aromatic heterocycles. The first-order valence-electron chi connectivity index (χ1n) is 17.6. The van der Waals surface area contributed by atoms with E-state index < -0.39 is 0 Å². The van der Waals surface area contributed by atoms with E-state index in [-0.39, 0.29) is 16.2 Å². The van der Waals surface area contributed by atoms with Crippen molar-refractivity contribution in [1.82, 2.24) is 0 Å². The Morgan fingerprint density at radius 1 is 0.396 bits per heavy atom. The van der Waals surface area contributed by atoms with Gasteiger partial charge in [0.05, 0.1) is 0 Å². The van der Waals surface area contributed by atoms with Crippen molar-refractivity contribution in [1.29, 1.82) is 0 Å². The van der Waals surface area contributed by atoms with Crippen LogP contribution in [-0.2, 0) is 16.2 Å². The van der Waals surface area contributed by atoms with Gasteiger partial charge in [-0.15, -0.1) is 0 Å². The first kappa shape index (κ1) is 27.1. The van der Waals surface area contributed by atoms with Gasteiger partial charge in [0.1, 0.15) is 0 Å². The third kappa shape index (κ3) is 3.01. The Morgan fingerprint density at radius 3 is 1.52 bits per heavy atom. The molecule has 3 aliphatic rings. The van der Waals surface area contributed by atoms with Crippen molar-refractivity contribution >= 4 is 43.1 Å². The first-order chi connectivity index (χ1) is 22.9. The second-order valence-electron chi connectivity index (χ2n) is 16.9. The lowest BCUT2D eigenvalue weighted by Crippen LogP contribution is -2.17. The zero-order valence-electron chi connectivity index (χ0n) is 28.8. The lowest BCUT2D eigenvalue weighted by molar-refractivity contribution is 0.591. The highest BCUT2D eigenvalue weighted by Crippen LogP contribution is 2.61. The Hall–Kier alpha value is -4.94. The Morgan fingerprint density at radius 2 is 0.896 bits per heavy atom. The molecule has 0 atom stereocenters. The summed E-state index contributed by atoms with van der Waals surface area (Å²) in [6, 6.07) is 40.6. The molecule has 0 N–H and O–H groups in total. The van der Waals surface area contributed by atoms with Crippen LogP contribution in [0.3, 0.4) is 0 Å². The first-order valence-corrected chi connectivity index (χ1v) is 17.6. The number of fused-ring (bicyclic) bond motifs is 11. The Bertz CT molecular complexity index is 2770. The van der Waals surface area contributed by atoms with Gasteiger partial charge in [0.2, 0.25) is 0 Å². The van der Waals surface area contributed by atoms with Crippen LogP contribution in [0.4, 0.5) is 0 Å². The molecule has 0 spiro atoms. The standard InChI is InChI=1S/C48H38/c1-46(2,3)28-19-25-15-16-27-21-39-45(33-18-17-26(20-28)41(25)42(27)33)36-24-38-35(23-37(36)47(39,4)5)44-32-14-10-13-31-29-11-8-9-12-30(29)34(43(31)32)22-40(44)48(38,6)7/h8-24H,1-7H3. The van der Waals surface area contributed by atoms with Gasteiger partial charge >= 0.3 is 0 Å². The fourth-order valence-corrected chi connectivity index (χ4v) is 10.1. The highest BCUT2D eigenvalue weighted by Gasteiger charge is 2.44. The number of hydrogen-bond donors (Lipinski definition) is 0. The summed E-state index contributed by atoms with van der Waals surface area (Å²) >= 11 is 0. The molecule has 48 heavy (non-hydrogen) atoms. The summed E-state index contributed by atoms with van der Waals surface area (Å²) in [6.07, 6.45) is 0. The maximum absolute atomic E-state index is 2.60. The summed E-state index contributed by atoms with van der Waals surface area (Å²) in [4.78, 5) is 0. The van der Waals surface area contributed by atoms with Crippen molar-refractivity contribution in [2.75, 3.05) is 0 Å². The van der Waals surface area contributed by atoms with Crippen molar-refractivity contribution < 1.29 is 0 Å². The SMILES string of the molecule is CC(C)(C)c1cc2ccc3cc4c(c5ccc(c1)c2c35)-c1cc2c(cc1C4(C)C)-c1c(cc3c4c(cccc14)-c1ccccc1-3)C2(C)C. The van der Waals surface area contributed by atoms with E-state index in [1.54, 1.807) is 0 Å². The quantitative estimate of drug-likeness (QED) is 0.149. The zero-order valence-corrected chi connectivity index (χ0v) is 28.8. The fourth-order valence-electron chi connectivity index (χ4n) is 10.1. The third-order valence-corrected chi connectivity index (χ3v) is 12.6. The molecule has 8 aromatic rings. The minimum absolute atomic E-state index is 0.106. The van der Waals surface area contributed by atoms with Gasteiger partial charge in [-0.05, 0) is 145 Å². The minimum Gasteiger partial charge on any atom is -0.0616 e. The maximum atomic E-state index is 2.60. The van der Waals surface area contributed by atoms with E-state index in [2.05, 4.69) is 152 Å². The van der Waals surface area contributed by atoms with Crippen molar-refractivity contribution in [3.63, 3.8) is 0 Å². The number of benzene rings is 8. The molecule has 0 saturated heterocycles. The zero-order chi connectivity index (χ0) is 32.6. The van der Waals surface area contributed by atoms with E-state index in [0.717, 1.165) is 0 Å². The molecule has 8 aromatic carbocycles. The second-order valence-corrected chi connectivity index (χ2v) is 16.9. The van der Waals surface area contributed by atoms with Gasteiger partial charge in [0, 0.05) is 10.8 Å². The molecule has 0 unspecified atom stereocenters. The normalized spacial score (nSPS) is 16.1. The lowest BCUT2D eigenvalue weighted by atomic mass is 9.78. The maximum Gasteiger partial charge on any atom is 0.0159 e. The average Bonchev–Trinajstić information content (AvgIpc) is 3.60. The van der Waals surface area contributed by atoms with Gasteiger partial charge in [0.25, 0.3) is 0 Å². The summed E-state index contributed by atoms with van der Waals surface area (Å²) in [5.41, 5.74) is 18.3. The van der Waals surface area contributed by atoms with Gasteiger partial charge in [-0.1, -0.05) is 127 Å². The largest absolute Gasteiger partial charge is 0.0616 e. The summed E-state index contributed by atoms with van der Waals surface area (Å²) in [5.74, 6) is 0. The minimum atomic E-state index is -0.113. The third-order valence-electron chi connectivity index (χ3n) is 12.6. The van der Waals surface area contributed by atoms with Crippen LogP contribution in [0.25, 0.3) is 87.6 Å². The summed E-state index contributed by atoms with van der Waals surface area (Å²) in [6.45, 7) is 16.7. The van der Waals surface area contributed by atoms with Crippen LogP contribution >= 0.6 is 0 Å². The predicted octanol–water partition coefficient (Wildman–Crippen LogP) is 13.3. The molecule has 11 rings (SSSR count). The molecule has 0 saturated carbocycles. The molecule has 0 heterocycles. The summed E-state index contributed by atoms with van der Waals surface area (Å²) < 4.78 is 0. The molecule has 3 aliphatic carbocycles. The van der Waals surface area contributed by atoms with Crippen molar-refractivity contribution in [3.05, 3.63) is 131 Å². The van der Waals surface area contributed by atoms with E-state index in [9.17, 15) is 0 Å². The van der Waals surface area contributed by atoms with Gasteiger partial charge in [0.15, 0.2) is 0 Å². The van der Waals surface area contributed by atoms with Crippen LogP contribution in [0.5, 0.6) is 0 Å². The van der Waals surface area contributed by atoms with Crippen molar-refractivity contribution in [3.8, 4) is 44.5 Å². The molecule has 230 valence electrons. The summed E-state index contributed by atoms with van der Waals surface area (Å²) in [5, 5.41) is 11.1. The van der Waals surface area contributed by atoms with Gasteiger partial charge in [-0.2, -0.15) is 0 Å².